The second-order valence-corrected chi connectivity index (χ2v) is 6.10. The highest BCUT2D eigenvalue weighted by Crippen LogP contribution is 2.23. The van der Waals surface area contributed by atoms with Gasteiger partial charge in [-0.05, 0) is 35.6 Å². The molecule has 3 nitrogen and oxygen atoms in total. The lowest BCUT2D eigenvalue weighted by Gasteiger charge is -2.19. The average Bonchev–Trinajstić information content (AvgIpc) is 3.04. The predicted molar refractivity (Wildman–Crippen MR) is 89.0 cm³/mol. The summed E-state index contributed by atoms with van der Waals surface area (Å²) in [5, 5.41) is 12.7. The Morgan fingerprint density at radius 3 is 2.81 bits per heavy atom. The molecule has 1 aromatic carbocycles. The number of benzene rings is 1. The Labute approximate surface area is 128 Å². The molecule has 0 aliphatic rings. The molecule has 108 valence electrons. The van der Waals surface area contributed by atoms with Crippen LogP contribution in [0.25, 0.3) is 10.9 Å². The Morgan fingerprint density at radius 2 is 2.05 bits per heavy atom. The first-order valence-electron chi connectivity index (χ1n) is 7.01. The fourth-order valence-electron chi connectivity index (χ4n) is 2.41. The normalized spacial score (nSPS) is 11.0. The molecule has 0 aliphatic carbocycles. The minimum absolute atomic E-state index is 0.0365. The molecule has 0 spiro atoms. The van der Waals surface area contributed by atoms with Crippen LogP contribution in [0, 0.1) is 0 Å². The third-order valence-electron chi connectivity index (χ3n) is 3.62. The summed E-state index contributed by atoms with van der Waals surface area (Å²) in [6.07, 6.45) is 1.01. The summed E-state index contributed by atoms with van der Waals surface area (Å²) in [6, 6.07) is 14.2. The summed E-state index contributed by atoms with van der Waals surface area (Å²) in [7, 11) is 2.05. The van der Waals surface area contributed by atoms with Gasteiger partial charge in [-0.15, -0.1) is 11.3 Å². The quantitative estimate of drug-likeness (QED) is 0.783. The van der Waals surface area contributed by atoms with Crippen LogP contribution in [0.5, 0.6) is 0 Å². The van der Waals surface area contributed by atoms with Crippen molar-refractivity contribution in [1.82, 2.24) is 4.98 Å². The largest absolute Gasteiger partial charge is 0.392 e. The van der Waals surface area contributed by atoms with Gasteiger partial charge in [0, 0.05) is 23.9 Å². The highest BCUT2D eigenvalue weighted by atomic mass is 32.1. The van der Waals surface area contributed by atoms with E-state index in [2.05, 4.69) is 22.4 Å². The van der Waals surface area contributed by atoms with Crippen LogP contribution in [0.15, 0.2) is 47.8 Å². The van der Waals surface area contributed by atoms with Gasteiger partial charge < -0.3 is 10.0 Å². The number of hydrogen-bond acceptors (Lipinski definition) is 4. The molecule has 0 saturated carbocycles. The lowest BCUT2D eigenvalue weighted by atomic mass is 10.1. The monoisotopic (exact) mass is 298 g/mol. The smallest absolute Gasteiger partial charge is 0.129 e. The van der Waals surface area contributed by atoms with Gasteiger partial charge in [0.15, 0.2) is 0 Å². The van der Waals surface area contributed by atoms with Crippen LogP contribution in [0.1, 0.15) is 10.4 Å². The van der Waals surface area contributed by atoms with E-state index in [9.17, 15) is 5.11 Å². The van der Waals surface area contributed by atoms with Gasteiger partial charge >= 0.3 is 0 Å². The Morgan fingerprint density at radius 1 is 1.19 bits per heavy atom. The van der Waals surface area contributed by atoms with Crippen LogP contribution in [0.4, 0.5) is 5.82 Å². The van der Waals surface area contributed by atoms with E-state index in [0.717, 1.165) is 35.2 Å². The van der Waals surface area contributed by atoms with Gasteiger partial charge in [-0.3, -0.25) is 0 Å². The molecule has 0 bridgehead atoms. The summed E-state index contributed by atoms with van der Waals surface area (Å²) in [5.74, 6) is 0.911. The number of hydrogen-bond donors (Lipinski definition) is 1. The van der Waals surface area contributed by atoms with Crippen molar-refractivity contribution < 1.29 is 5.11 Å². The molecule has 21 heavy (non-hydrogen) atoms. The number of likely N-dealkylation sites (N-methyl/N-ethyl adjacent to an activating group) is 1. The fourth-order valence-corrected chi connectivity index (χ4v) is 3.10. The molecule has 0 aliphatic heterocycles. The molecule has 0 atom stereocenters. The van der Waals surface area contributed by atoms with E-state index in [4.69, 9.17) is 4.98 Å². The minimum atomic E-state index is 0.0365. The van der Waals surface area contributed by atoms with Crippen molar-refractivity contribution in [3.05, 3.63) is 58.3 Å². The molecule has 3 aromatic rings. The Balaban J connectivity index is 1.85. The zero-order chi connectivity index (χ0) is 14.7. The summed E-state index contributed by atoms with van der Waals surface area (Å²) in [5.41, 5.74) is 1.86. The maximum absolute atomic E-state index is 9.58. The van der Waals surface area contributed by atoms with Gasteiger partial charge in [-0.2, -0.15) is 0 Å². The average molecular weight is 298 g/mol. The topological polar surface area (TPSA) is 36.4 Å². The van der Waals surface area contributed by atoms with Gasteiger partial charge in [-0.25, -0.2) is 4.98 Å². The van der Waals surface area contributed by atoms with Crippen molar-refractivity contribution >= 4 is 28.1 Å². The second kappa shape index (κ2) is 6.24. The number of fused-ring (bicyclic) bond motifs is 1. The lowest BCUT2D eigenvalue weighted by Crippen LogP contribution is -2.21. The van der Waals surface area contributed by atoms with Gasteiger partial charge in [0.2, 0.25) is 0 Å². The Hall–Kier alpha value is -1.91. The van der Waals surface area contributed by atoms with Crippen LogP contribution < -0.4 is 4.90 Å². The molecule has 0 amide bonds. The molecule has 2 heterocycles. The molecule has 0 fully saturated rings. The number of aliphatic hydroxyl groups is 1. The van der Waals surface area contributed by atoms with Crippen molar-refractivity contribution in [3.8, 4) is 0 Å². The van der Waals surface area contributed by atoms with Gasteiger partial charge in [-0.1, -0.05) is 24.3 Å². The van der Waals surface area contributed by atoms with Crippen molar-refractivity contribution in [3.63, 3.8) is 0 Å². The Kier molecular flexibility index (Phi) is 4.18. The molecule has 3 rings (SSSR count). The molecule has 0 unspecified atom stereocenters. The van der Waals surface area contributed by atoms with E-state index in [1.165, 1.54) is 4.88 Å². The van der Waals surface area contributed by atoms with Crippen LogP contribution in [0.2, 0.25) is 0 Å². The summed E-state index contributed by atoms with van der Waals surface area (Å²) in [6.45, 7) is 0.950. The number of nitrogens with zero attached hydrogens (tertiary/aromatic N) is 2. The SMILES string of the molecule is CN(CCc1cccs1)c1cc(CO)c2ccccc2n1. The molecular weight excluding hydrogens is 280 g/mol. The number of aliphatic hydroxyl groups excluding tert-OH is 1. The van der Waals surface area contributed by atoms with E-state index < -0.39 is 0 Å². The first-order valence-corrected chi connectivity index (χ1v) is 7.89. The van der Waals surface area contributed by atoms with Crippen molar-refractivity contribution in [2.75, 3.05) is 18.5 Å². The van der Waals surface area contributed by atoms with E-state index >= 15 is 0 Å². The number of rotatable bonds is 5. The van der Waals surface area contributed by atoms with Crippen LogP contribution in [-0.2, 0) is 13.0 Å². The number of thiophene rings is 1. The molecule has 4 heteroatoms. The molecular formula is C17H18N2OS. The molecule has 2 aromatic heterocycles. The van der Waals surface area contributed by atoms with E-state index in [1.807, 2.05) is 37.4 Å². The van der Waals surface area contributed by atoms with Gasteiger partial charge in [0.05, 0.1) is 12.1 Å². The van der Waals surface area contributed by atoms with E-state index in [1.54, 1.807) is 11.3 Å². The number of anilines is 1. The summed E-state index contributed by atoms with van der Waals surface area (Å²) >= 11 is 1.78. The maximum atomic E-state index is 9.58. The fraction of sp³-hybridized carbons (Fsp3) is 0.235. The number of para-hydroxylation sites is 1. The third-order valence-corrected chi connectivity index (χ3v) is 4.56. The van der Waals surface area contributed by atoms with E-state index in [-0.39, 0.29) is 6.61 Å². The van der Waals surface area contributed by atoms with Gasteiger partial charge in [0.1, 0.15) is 5.82 Å². The predicted octanol–water partition coefficient (Wildman–Crippen LogP) is 3.47. The van der Waals surface area contributed by atoms with Crippen molar-refractivity contribution in [1.29, 1.82) is 0 Å². The van der Waals surface area contributed by atoms with Crippen LogP contribution in [0.3, 0.4) is 0 Å². The zero-order valence-corrected chi connectivity index (χ0v) is 12.8. The number of pyridine rings is 1. The highest BCUT2D eigenvalue weighted by molar-refractivity contribution is 7.09. The highest BCUT2D eigenvalue weighted by Gasteiger charge is 2.08. The van der Waals surface area contributed by atoms with E-state index in [0.29, 0.717) is 0 Å². The van der Waals surface area contributed by atoms with Crippen LogP contribution in [-0.4, -0.2) is 23.7 Å². The summed E-state index contributed by atoms with van der Waals surface area (Å²) in [4.78, 5) is 8.23. The second-order valence-electron chi connectivity index (χ2n) is 5.07. The summed E-state index contributed by atoms with van der Waals surface area (Å²) < 4.78 is 0. The third kappa shape index (κ3) is 3.06. The first kappa shape index (κ1) is 14.0. The molecule has 0 radical (unpaired) electrons. The van der Waals surface area contributed by atoms with Crippen molar-refractivity contribution in [2.45, 2.75) is 13.0 Å². The maximum Gasteiger partial charge on any atom is 0.129 e. The van der Waals surface area contributed by atoms with Crippen LogP contribution >= 0.6 is 11.3 Å². The Bertz CT molecular complexity index is 725. The molecule has 1 N–H and O–H groups in total. The minimum Gasteiger partial charge on any atom is -0.392 e. The molecule has 0 saturated heterocycles. The standard InChI is InChI=1S/C17H18N2OS/c1-19(9-8-14-5-4-10-21-14)17-11-13(12-20)15-6-2-3-7-16(15)18-17/h2-7,10-11,20H,8-9,12H2,1H3. The lowest BCUT2D eigenvalue weighted by molar-refractivity contribution is 0.283. The number of aromatic nitrogens is 1. The first-order chi connectivity index (χ1) is 10.3. The zero-order valence-electron chi connectivity index (χ0n) is 12.0. The van der Waals surface area contributed by atoms with Crippen molar-refractivity contribution in [2.24, 2.45) is 0 Å². The van der Waals surface area contributed by atoms with Gasteiger partial charge in [0.25, 0.3) is 0 Å².